The van der Waals surface area contributed by atoms with Crippen molar-refractivity contribution in [2.45, 2.75) is 25.7 Å². The minimum absolute atomic E-state index is 0.494. The molecule has 0 aliphatic heterocycles. The summed E-state index contributed by atoms with van der Waals surface area (Å²) in [7, 11) is 1.59. The van der Waals surface area contributed by atoms with Crippen LogP contribution >= 0.6 is 11.3 Å². The fourth-order valence-electron chi connectivity index (χ4n) is 3.90. The average molecular weight is 410 g/mol. The lowest BCUT2D eigenvalue weighted by molar-refractivity contribution is 0.417. The number of benzene rings is 1. The van der Waals surface area contributed by atoms with Gasteiger partial charge in [0.2, 0.25) is 0 Å². The number of nitrogens with zero attached hydrogens (tertiary/aromatic N) is 3. The van der Waals surface area contributed by atoms with Gasteiger partial charge in [-0.25, -0.2) is 15.5 Å². The van der Waals surface area contributed by atoms with Crippen LogP contribution in [0.5, 0.6) is 5.75 Å². The Morgan fingerprint density at radius 2 is 2.28 bits per heavy atom. The number of rotatable bonds is 7. The minimum Gasteiger partial charge on any atom is -0.494 e. The first-order valence-corrected chi connectivity index (χ1v) is 10.3. The number of methoxy groups -OCH3 is 1. The number of aromatic nitrogens is 2. The molecule has 9 heteroatoms. The number of ether oxygens (including phenoxy) is 1. The van der Waals surface area contributed by atoms with Gasteiger partial charge in [-0.05, 0) is 43.2 Å². The van der Waals surface area contributed by atoms with Gasteiger partial charge in [0.05, 0.1) is 24.7 Å². The number of hydrogen-bond acceptors (Lipinski definition) is 9. The molecule has 0 radical (unpaired) electrons. The highest BCUT2D eigenvalue weighted by Crippen LogP contribution is 2.42. The van der Waals surface area contributed by atoms with Crippen LogP contribution in [0.15, 0.2) is 23.6 Å². The fraction of sp³-hybridized carbons (Fsp3) is 0.350. The first-order valence-electron chi connectivity index (χ1n) is 9.48. The van der Waals surface area contributed by atoms with Gasteiger partial charge in [-0.3, -0.25) is 0 Å². The zero-order chi connectivity index (χ0) is 20.4. The molecule has 1 aliphatic rings. The average Bonchev–Trinajstić information content (AvgIpc) is 3.11. The molecule has 0 saturated heterocycles. The number of nitrogens with two attached hydrogens (primary N) is 1. The standard InChI is InChI=1S/C20H23N7OS/c1-28-16-8-14(22)12(9-21)7-15(16)27-19-18-13-3-2-11(4-5-26-23)6-17(13)29-20(18)25-10-24-19/h7-11,21,23H,2-6,22H2,1H3,(H,24,25,27). The summed E-state index contributed by atoms with van der Waals surface area (Å²) in [6, 6.07) is 3.51. The van der Waals surface area contributed by atoms with Crippen LogP contribution in [0, 0.1) is 16.9 Å². The van der Waals surface area contributed by atoms with Crippen molar-refractivity contribution in [1.29, 1.82) is 10.9 Å². The molecular formula is C20H23N7OS. The molecule has 0 fully saturated rings. The number of fused-ring (bicyclic) bond motifs is 3. The predicted octanol–water partition coefficient (Wildman–Crippen LogP) is 4.55. The van der Waals surface area contributed by atoms with Crippen LogP contribution in [-0.2, 0) is 12.8 Å². The van der Waals surface area contributed by atoms with E-state index >= 15 is 0 Å². The van der Waals surface area contributed by atoms with Crippen LogP contribution in [-0.4, -0.2) is 29.8 Å². The Morgan fingerprint density at radius 1 is 1.41 bits per heavy atom. The lowest BCUT2D eigenvalue weighted by Crippen LogP contribution is -2.13. The van der Waals surface area contributed by atoms with Crippen molar-refractivity contribution >= 4 is 45.0 Å². The SMILES string of the molecule is COc1cc(N)c(C=N)cc1Nc1ncnc2sc3c(c12)CCC(CCN=N)C3. The molecule has 1 aliphatic carbocycles. The van der Waals surface area contributed by atoms with Gasteiger partial charge in [0.1, 0.15) is 22.7 Å². The van der Waals surface area contributed by atoms with Crippen molar-refractivity contribution in [3.63, 3.8) is 0 Å². The van der Waals surface area contributed by atoms with Crippen LogP contribution < -0.4 is 15.8 Å². The van der Waals surface area contributed by atoms with E-state index in [1.165, 1.54) is 16.7 Å². The summed E-state index contributed by atoms with van der Waals surface area (Å²) in [4.78, 5) is 11.3. The smallest absolute Gasteiger partial charge is 0.144 e. The Morgan fingerprint density at radius 3 is 3.03 bits per heavy atom. The van der Waals surface area contributed by atoms with Crippen molar-refractivity contribution in [2.24, 2.45) is 11.0 Å². The molecule has 1 aromatic carbocycles. The van der Waals surface area contributed by atoms with Crippen molar-refractivity contribution in [2.75, 3.05) is 24.7 Å². The molecule has 2 heterocycles. The Bertz CT molecular complexity index is 1080. The number of aryl methyl sites for hydroxylation is 1. The van der Waals surface area contributed by atoms with Gasteiger partial charge < -0.3 is 21.2 Å². The van der Waals surface area contributed by atoms with E-state index in [1.807, 2.05) is 0 Å². The van der Waals surface area contributed by atoms with Gasteiger partial charge in [-0.1, -0.05) is 0 Å². The van der Waals surface area contributed by atoms with Crippen LogP contribution in [0.1, 0.15) is 28.8 Å². The first kappa shape index (κ1) is 19.3. The summed E-state index contributed by atoms with van der Waals surface area (Å²) in [5, 5.41) is 15.5. The zero-order valence-electron chi connectivity index (χ0n) is 16.2. The molecule has 1 atom stereocenters. The third-order valence-electron chi connectivity index (χ3n) is 5.41. The number of thiophene rings is 1. The van der Waals surface area contributed by atoms with Gasteiger partial charge in [0.15, 0.2) is 0 Å². The second kappa shape index (κ2) is 8.12. The fourth-order valence-corrected chi connectivity index (χ4v) is 5.20. The highest BCUT2D eigenvalue weighted by molar-refractivity contribution is 7.19. The second-order valence-electron chi connectivity index (χ2n) is 7.14. The minimum atomic E-state index is 0.494. The largest absolute Gasteiger partial charge is 0.494 e. The third kappa shape index (κ3) is 3.65. The summed E-state index contributed by atoms with van der Waals surface area (Å²) >= 11 is 1.73. The molecular weight excluding hydrogens is 386 g/mol. The van der Waals surface area contributed by atoms with Crippen molar-refractivity contribution in [3.05, 3.63) is 34.5 Å². The van der Waals surface area contributed by atoms with E-state index in [-0.39, 0.29) is 0 Å². The quantitative estimate of drug-likeness (QED) is 0.258. The molecule has 29 heavy (non-hydrogen) atoms. The molecule has 3 aromatic rings. The van der Waals surface area contributed by atoms with E-state index in [1.54, 1.807) is 36.9 Å². The molecule has 8 nitrogen and oxygen atoms in total. The Hall–Kier alpha value is -3.07. The highest BCUT2D eigenvalue weighted by atomic mass is 32.1. The molecule has 4 rings (SSSR count). The van der Waals surface area contributed by atoms with Crippen molar-refractivity contribution in [3.8, 4) is 5.75 Å². The van der Waals surface area contributed by atoms with Crippen LogP contribution in [0.2, 0.25) is 0 Å². The van der Waals surface area contributed by atoms with Crippen molar-refractivity contribution in [1.82, 2.24) is 9.97 Å². The van der Waals surface area contributed by atoms with E-state index in [4.69, 9.17) is 21.4 Å². The predicted molar refractivity (Wildman–Crippen MR) is 116 cm³/mol. The van der Waals surface area contributed by atoms with Crippen LogP contribution in [0.25, 0.3) is 10.2 Å². The lowest BCUT2D eigenvalue weighted by atomic mass is 9.86. The lowest BCUT2D eigenvalue weighted by Gasteiger charge is -2.21. The number of nitrogen functional groups attached to an aromatic ring is 1. The van der Waals surface area contributed by atoms with Gasteiger partial charge in [0.25, 0.3) is 0 Å². The van der Waals surface area contributed by atoms with Gasteiger partial charge >= 0.3 is 0 Å². The summed E-state index contributed by atoms with van der Waals surface area (Å²) in [5.74, 6) is 1.91. The maximum Gasteiger partial charge on any atom is 0.144 e. The molecule has 1 unspecified atom stereocenters. The number of nitrogens with one attached hydrogen (secondary N) is 3. The monoisotopic (exact) mass is 409 g/mol. The summed E-state index contributed by atoms with van der Waals surface area (Å²) < 4.78 is 5.47. The third-order valence-corrected chi connectivity index (χ3v) is 6.57. The van der Waals surface area contributed by atoms with Crippen LogP contribution in [0.4, 0.5) is 17.2 Å². The van der Waals surface area contributed by atoms with Crippen LogP contribution in [0.3, 0.4) is 0 Å². The molecule has 5 N–H and O–H groups in total. The maximum atomic E-state index is 7.57. The van der Waals surface area contributed by atoms with Crippen molar-refractivity contribution < 1.29 is 4.74 Å². The van der Waals surface area contributed by atoms with Gasteiger partial charge in [-0.2, -0.15) is 5.11 Å². The zero-order valence-corrected chi connectivity index (χ0v) is 17.0. The molecule has 150 valence electrons. The van der Waals surface area contributed by atoms with E-state index in [0.717, 1.165) is 41.7 Å². The van der Waals surface area contributed by atoms with E-state index in [2.05, 4.69) is 20.4 Å². The summed E-state index contributed by atoms with van der Waals surface area (Å²) in [6.45, 7) is 0.601. The topological polar surface area (TPSA) is 133 Å². The van der Waals surface area contributed by atoms with E-state index in [9.17, 15) is 0 Å². The van der Waals surface area contributed by atoms with Gasteiger partial charge in [0, 0.05) is 28.4 Å². The van der Waals surface area contributed by atoms with E-state index in [0.29, 0.717) is 35.2 Å². The number of hydrogen-bond donors (Lipinski definition) is 4. The molecule has 0 bridgehead atoms. The molecule has 0 amide bonds. The maximum absolute atomic E-state index is 7.57. The second-order valence-corrected chi connectivity index (χ2v) is 8.22. The normalized spacial score (nSPS) is 15.7. The molecule has 2 aromatic heterocycles. The Balaban J connectivity index is 1.72. The van der Waals surface area contributed by atoms with Gasteiger partial charge in [-0.15, -0.1) is 11.3 Å². The first-order chi connectivity index (χ1) is 14.1. The van der Waals surface area contributed by atoms with E-state index < -0.39 is 0 Å². The molecule has 0 saturated carbocycles. The Kier molecular flexibility index (Phi) is 5.39. The Labute approximate surface area is 172 Å². The number of anilines is 3. The summed E-state index contributed by atoms with van der Waals surface area (Å²) in [5.41, 5.74) is 16.2. The molecule has 0 spiro atoms. The highest BCUT2D eigenvalue weighted by Gasteiger charge is 2.25. The summed E-state index contributed by atoms with van der Waals surface area (Å²) in [6.07, 6.45) is 6.84.